The van der Waals surface area contributed by atoms with Gasteiger partial charge in [0, 0.05) is 19.6 Å². The molecule has 2 nitrogen and oxygen atoms in total. The maximum atomic E-state index is 5.44. The predicted octanol–water partition coefficient (Wildman–Crippen LogP) is 3.70. The van der Waals surface area contributed by atoms with Gasteiger partial charge in [0.05, 0.1) is 0 Å². The summed E-state index contributed by atoms with van der Waals surface area (Å²) in [5, 5.41) is 0. The summed E-state index contributed by atoms with van der Waals surface area (Å²) < 4.78 is 10.9. The van der Waals surface area contributed by atoms with Crippen LogP contribution in [0.5, 0.6) is 0 Å². The third kappa shape index (κ3) is 4.12. The molecule has 0 saturated carbocycles. The molecule has 0 aromatic rings. The predicted molar refractivity (Wildman–Crippen MR) is 64.8 cm³/mol. The smallest absolute Gasteiger partial charge is 0.162 e. The summed E-state index contributed by atoms with van der Waals surface area (Å²) in [6.45, 7) is 11.3. The Balaban J connectivity index is 4.56. The molecular formula is C13H28O2. The highest BCUT2D eigenvalue weighted by molar-refractivity contribution is 4.81. The average Bonchev–Trinajstić information content (AvgIpc) is 2.16. The Morgan fingerprint density at radius 1 is 1.00 bits per heavy atom. The van der Waals surface area contributed by atoms with Crippen LogP contribution in [-0.2, 0) is 9.47 Å². The van der Waals surface area contributed by atoms with Gasteiger partial charge in [-0.1, -0.05) is 41.0 Å². The fourth-order valence-corrected chi connectivity index (χ4v) is 1.91. The highest BCUT2D eigenvalue weighted by atomic mass is 16.7. The molecule has 0 saturated heterocycles. The SMILES string of the molecule is COC(OC)C(C)(CCC(C)C)C(C)C. The standard InChI is InChI=1S/C13H28O2/c1-10(2)8-9-13(5,11(3)4)12(14-6)15-7/h10-12H,8-9H2,1-7H3. The highest BCUT2D eigenvalue weighted by Crippen LogP contribution is 2.38. The van der Waals surface area contributed by atoms with Crippen molar-refractivity contribution >= 4 is 0 Å². The molecule has 0 aliphatic heterocycles. The van der Waals surface area contributed by atoms with E-state index in [2.05, 4.69) is 34.6 Å². The van der Waals surface area contributed by atoms with Crippen LogP contribution in [0.15, 0.2) is 0 Å². The molecule has 0 spiro atoms. The van der Waals surface area contributed by atoms with Crippen molar-refractivity contribution in [2.45, 2.75) is 53.8 Å². The Morgan fingerprint density at radius 2 is 1.47 bits per heavy atom. The molecule has 1 unspecified atom stereocenters. The lowest BCUT2D eigenvalue weighted by atomic mass is 9.73. The number of methoxy groups -OCH3 is 2. The summed E-state index contributed by atoms with van der Waals surface area (Å²) in [6.07, 6.45) is 2.27. The number of rotatable bonds is 7. The van der Waals surface area contributed by atoms with E-state index in [1.165, 1.54) is 6.42 Å². The van der Waals surface area contributed by atoms with Crippen molar-refractivity contribution in [3.8, 4) is 0 Å². The average molecular weight is 216 g/mol. The maximum absolute atomic E-state index is 5.44. The Kier molecular flexibility index (Phi) is 6.46. The van der Waals surface area contributed by atoms with E-state index in [4.69, 9.17) is 9.47 Å². The summed E-state index contributed by atoms with van der Waals surface area (Å²) in [7, 11) is 3.45. The third-order valence-corrected chi connectivity index (χ3v) is 3.55. The largest absolute Gasteiger partial charge is 0.355 e. The Labute approximate surface area is 95.3 Å². The molecule has 0 bridgehead atoms. The van der Waals surface area contributed by atoms with Gasteiger partial charge in [0.2, 0.25) is 0 Å². The van der Waals surface area contributed by atoms with Crippen LogP contribution in [0.4, 0.5) is 0 Å². The summed E-state index contributed by atoms with van der Waals surface area (Å²) in [5.74, 6) is 1.29. The zero-order valence-corrected chi connectivity index (χ0v) is 11.5. The molecule has 0 aliphatic carbocycles. The highest BCUT2D eigenvalue weighted by Gasteiger charge is 2.37. The molecule has 0 aromatic carbocycles. The molecule has 0 N–H and O–H groups in total. The van der Waals surface area contributed by atoms with E-state index in [1.54, 1.807) is 14.2 Å². The van der Waals surface area contributed by atoms with Crippen LogP contribution >= 0.6 is 0 Å². The monoisotopic (exact) mass is 216 g/mol. The summed E-state index contributed by atoms with van der Waals surface area (Å²) in [6, 6.07) is 0. The molecule has 15 heavy (non-hydrogen) atoms. The Bertz CT molecular complexity index is 162. The molecule has 0 amide bonds. The number of hydrogen-bond acceptors (Lipinski definition) is 2. The van der Waals surface area contributed by atoms with Gasteiger partial charge < -0.3 is 9.47 Å². The molecule has 0 aromatic heterocycles. The van der Waals surface area contributed by atoms with E-state index in [1.807, 2.05) is 0 Å². The van der Waals surface area contributed by atoms with E-state index < -0.39 is 0 Å². The number of hydrogen-bond donors (Lipinski definition) is 0. The normalized spacial score (nSPS) is 16.4. The topological polar surface area (TPSA) is 18.5 Å². The molecule has 0 heterocycles. The zero-order valence-electron chi connectivity index (χ0n) is 11.5. The zero-order chi connectivity index (χ0) is 12.1. The first-order valence-corrected chi connectivity index (χ1v) is 5.94. The lowest BCUT2D eigenvalue weighted by molar-refractivity contribution is -0.190. The second kappa shape index (κ2) is 6.49. The minimum Gasteiger partial charge on any atom is -0.355 e. The van der Waals surface area contributed by atoms with Crippen molar-refractivity contribution in [3.63, 3.8) is 0 Å². The van der Waals surface area contributed by atoms with Gasteiger partial charge in [-0.2, -0.15) is 0 Å². The summed E-state index contributed by atoms with van der Waals surface area (Å²) in [5.41, 5.74) is 0.105. The second-order valence-electron chi connectivity index (χ2n) is 5.40. The van der Waals surface area contributed by atoms with Crippen molar-refractivity contribution in [1.82, 2.24) is 0 Å². The van der Waals surface area contributed by atoms with Crippen LogP contribution in [0, 0.1) is 17.3 Å². The minimum absolute atomic E-state index is 0.101. The van der Waals surface area contributed by atoms with Crippen LogP contribution in [0.2, 0.25) is 0 Å². The first-order chi connectivity index (χ1) is 6.88. The van der Waals surface area contributed by atoms with E-state index in [0.29, 0.717) is 5.92 Å². The van der Waals surface area contributed by atoms with Crippen LogP contribution in [0.1, 0.15) is 47.5 Å². The number of ether oxygens (including phenoxy) is 2. The van der Waals surface area contributed by atoms with Gasteiger partial charge in [-0.3, -0.25) is 0 Å². The molecule has 0 aliphatic rings. The third-order valence-electron chi connectivity index (χ3n) is 3.55. The van der Waals surface area contributed by atoms with Crippen LogP contribution in [0.25, 0.3) is 0 Å². The van der Waals surface area contributed by atoms with Gasteiger partial charge in [-0.15, -0.1) is 0 Å². The molecule has 0 rings (SSSR count). The maximum Gasteiger partial charge on any atom is 0.162 e. The van der Waals surface area contributed by atoms with Crippen molar-refractivity contribution in [1.29, 1.82) is 0 Å². The van der Waals surface area contributed by atoms with Crippen molar-refractivity contribution < 1.29 is 9.47 Å². The Morgan fingerprint density at radius 3 is 1.73 bits per heavy atom. The van der Waals surface area contributed by atoms with E-state index in [0.717, 1.165) is 12.3 Å². The van der Waals surface area contributed by atoms with Gasteiger partial charge in [0.15, 0.2) is 6.29 Å². The lowest BCUT2D eigenvalue weighted by Gasteiger charge is -2.39. The van der Waals surface area contributed by atoms with Crippen LogP contribution in [0.3, 0.4) is 0 Å². The second-order valence-corrected chi connectivity index (χ2v) is 5.40. The van der Waals surface area contributed by atoms with Crippen LogP contribution in [-0.4, -0.2) is 20.5 Å². The molecule has 92 valence electrons. The van der Waals surface area contributed by atoms with Crippen molar-refractivity contribution in [2.75, 3.05) is 14.2 Å². The van der Waals surface area contributed by atoms with E-state index >= 15 is 0 Å². The molecule has 1 atom stereocenters. The summed E-state index contributed by atoms with van der Waals surface area (Å²) in [4.78, 5) is 0. The molecule has 0 fully saturated rings. The van der Waals surface area contributed by atoms with Gasteiger partial charge in [-0.05, 0) is 18.3 Å². The van der Waals surface area contributed by atoms with Gasteiger partial charge in [0.1, 0.15) is 0 Å². The first-order valence-electron chi connectivity index (χ1n) is 5.94. The molecule has 2 heteroatoms. The van der Waals surface area contributed by atoms with Crippen LogP contribution < -0.4 is 0 Å². The quantitative estimate of drug-likeness (QED) is 0.604. The minimum atomic E-state index is -0.101. The van der Waals surface area contributed by atoms with Gasteiger partial charge in [-0.25, -0.2) is 0 Å². The van der Waals surface area contributed by atoms with Crippen molar-refractivity contribution in [2.24, 2.45) is 17.3 Å². The fraction of sp³-hybridized carbons (Fsp3) is 1.00. The van der Waals surface area contributed by atoms with E-state index in [9.17, 15) is 0 Å². The van der Waals surface area contributed by atoms with Gasteiger partial charge in [0.25, 0.3) is 0 Å². The first kappa shape index (κ1) is 14.9. The summed E-state index contributed by atoms with van der Waals surface area (Å²) >= 11 is 0. The van der Waals surface area contributed by atoms with Gasteiger partial charge >= 0.3 is 0 Å². The molecule has 0 radical (unpaired) electrons. The lowest BCUT2D eigenvalue weighted by Crippen LogP contribution is -2.40. The Hall–Kier alpha value is -0.0800. The van der Waals surface area contributed by atoms with Crippen molar-refractivity contribution in [3.05, 3.63) is 0 Å². The fourth-order valence-electron chi connectivity index (χ4n) is 1.91. The van der Waals surface area contributed by atoms with E-state index in [-0.39, 0.29) is 11.7 Å². The molecular weight excluding hydrogens is 188 g/mol.